The average Bonchev–Trinajstić information content (AvgIpc) is 2.79. The summed E-state index contributed by atoms with van der Waals surface area (Å²) in [5.74, 6) is 0. The van der Waals surface area contributed by atoms with Crippen LogP contribution in [0.1, 0.15) is 11.1 Å². The van der Waals surface area contributed by atoms with Gasteiger partial charge in [-0.15, -0.1) is 0 Å². The summed E-state index contributed by atoms with van der Waals surface area (Å²) in [4.78, 5) is 0. The van der Waals surface area contributed by atoms with Gasteiger partial charge in [0.2, 0.25) is 0 Å². The van der Waals surface area contributed by atoms with Crippen molar-refractivity contribution in [1.29, 1.82) is 0 Å². The second-order valence-electron chi connectivity index (χ2n) is 4.33. The van der Waals surface area contributed by atoms with E-state index in [1.165, 1.54) is 22.3 Å². The fraction of sp³-hybridized carbons (Fsp3) is 0.133. The maximum atomic E-state index is 5.20. The van der Waals surface area contributed by atoms with Crippen molar-refractivity contribution >= 4 is 11.0 Å². The van der Waals surface area contributed by atoms with E-state index in [1.807, 2.05) is 12.1 Å². The Kier molecular flexibility index (Phi) is 2.22. The Morgan fingerprint density at radius 3 is 2.82 bits per heavy atom. The molecule has 0 aliphatic heterocycles. The van der Waals surface area contributed by atoms with Crippen molar-refractivity contribution in [3.8, 4) is 11.1 Å². The summed E-state index contributed by atoms with van der Waals surface area (Å²) in [7, 11) is 0. The van der Waals surface area contributed by atoms with Crippen LogP contribution in [0.4, 0.5) is 0 Å². The molecular formula is C15H13NO. The molecule has 2 nitrogen and oxygen atoms in total. The lowest BCUT2D eigenvalue weighted by atomic mass is 9.97. The van der Waals surface area contributed by atoms with Crippen molar-refractivity contribution in [2.75, 3.05) is 0 Å². The van der Waals surface area contributed by atoms with Crippen LogP contribution >= 0.6 is 0 Å². The number of aryl methyl sites for hydroxylation is 1. The van der Waals surface area contributed by atoms with Crippen LogP contribution in [-0.2, 0) is 0 Å². The number of hydrogen-bond acceptors (Lipinski definition) is 2. The summed E-state index contributed by atoms with van der Waals surface area (Å²) in [5, 5.41) is 4.84. The zero-order valence-corrected chi connectivity index (χ0v) is 9.90. The predicted octanol–water partition coefficient (Wildman–Crippen LogP) is 4.11. The molecule has 1 heterocycles. The van der Waals surface area contributed by atoms with Gasteiger partial charge in [-0.05, 0) is 48.2 Å². The highest BCUT2D eigenvalue weighted by Crippen LogP contribution is 2.28. The zero-order valence-electron chi connectivity index (χ0n) is 9.90. The van der Waals surface area contributed by atoms with Gasteiger partial charge in [0.15, 0.2) is 5.58 Å². The van der Waals surface area contributed by atoms with Crippen LogP contribution in [0.5, 0.6) is 0 Å². The highest BCUT2D eigenvalue weighted by Gasteiger charge is 2.06. The van der Waals surface area contributed by atoms with Gasteiger partial charge in [-0.1, -0.05) is 29.4 Å². The van der Waals surface area contributed by atoms with E-state index < -0.39 is 0 Å². The maximum Gasteiger partial charge on any atom is 0.167 e. The third kappa shape index (κ3) is 1.62. The summed E-state index contributed by atoms with van der Waals surface area (Å²) in [6.45, 7) is 4.28. The molecule has 0 spiro atoms. The minimum absolute atomic E-state index is 0.836. The molecule has 0 amide bonds. The van der Waals surface area contributed by atoms with Gasteiger partial charge in [0.1, 0.15) is 0 Å². The first-order chi connectivity index (χ1) is 8.25. The summed E-state index contributed by atoms with van der Waals surface area (Å²) in [5.41, 5.74) is 5.88. The van der Waals surface area contributed by atoms with E-state index in [4.69, 9.17) is 4.52 Å². The van der Waals surface area contributed by atoms with Crippen molar-refractivity contribution in [1.82, 2.24) is 5.16 Å². The summed E-state index contributed by atoms with van der Waals surface area (Å²) >= 11 is 0. The van der Waals surface area contributed by atoms with Crippen LogP contribution in [0.15, 0.2) is 47.1 Å². The van der Waals surface area contributed by atoms with E-state index in [0.29, 0.717) is 0 Å². The smallest absolute Gasteiger partial charge is 0.167 e. The molecule has 17 heavy (non-hydrogen) atoms. The molecule has 2 heteroatoms. The van der Waals surface area contributed by atoms with E-state index in [9.17, 15) is 0 Å². The van der Waals surface area contributed by atoms with Gasteiger partial charge < -0.3 is 4.52 Å². The first-order valence-electron chi connectivity index (χ1n) is 5.67. The number of benzene rings is 2. The molecule has 84 valence electrons. The monoisotopic (exact) mass is 223 g/mol. The lowest BCUT2D eigenvalue weighted by Gasteiger charge is -2.08. The van der Waals surface area contributed by atoms with Crippen molar-refractivity contribution in [3.05, 3.63) is 53.7 Å². The average molecular weight is 223 g/mol. The van der Waals surface area contributed by atoms with E-state index in [0.717, 1.165) is 11.0 Å². The lowest BCUT2D eigenvalue weighted by molar-refractivity contribution is 0.456. The van der Waals surface area contributed by atoms with Gasteiger partial charge in [-0.25, -0.2) is 0 Å². The van der Waals surface area contributed by atoms with Crippen molar-refractivity contribution < 1.29 is 4.52 Å². The fourth-order valence-electron chi connectivity index (χ4n) is 2.09. The minimum atomic E-state index is 0.836. The van der Waals surface area contributed by atoms with Gasteiger partial charge in [0.25, 0.3) is 0 Å². The number of rotatable bonds is 1. The first kappa shape index (κ1) is 10.1. The third-order valence-corrected chi connectivity index (χ3v) is 3.27. The second kappa shape index (κ2) is 3.74. The van der Waals surface area contributed by atoms with Crippen molar-refractivity contribution in [2.45, 2.75) is 13.8 Å². The number of nitrogens with zero attached hydrogens (tertiary/aromatic N) is 1. The summed E-state index contributed by atoms with van der Waals surface area (Å²) in [6.07, 6.45) is 1.74. The Hall–Kier alpha value is -2.09. The largest absolute Gasteiger partial charge is 0.356 e. The molecule has 0 bridgehead atoms. The van der Waals surface area contributed by atoms with Gasteiger partial charge in [0.05, 0.1) is 6.20 Å². The Labute approximate surface area is 99.9 Å². The third-order valence-electron chi connectivity index (χ3n) is 3.27. The van der Waals surface area contributed by atoms with Crippen LogP contribution in [0.2, 0.25) is 0 Å². The summed E-state index contributed by atoms with van der Waals surface area (Å²) in [6, 6.07) is 12.6. The SMILES string of the molecule is Cc1cccc(-c2ccc3cnoc3c2)c1C. The van der Waals surface area contributed by atoms with Crippen LogP contribution in [0.3, 0.4) is 0 Å². The molecule has 0 N–H and O–H groups in total. The molecule has 0 aliphatic rings. The maximum absolute atomic E-state index is 5.20. The first-order valence-corrected chi connectivity index (χ1v) is 5.67. The Morgan fingerprint density at radius 2 is 1.94 bits per heavy atom. The molecule has 0 saturated heterocycles. The lowest BCUT2D eigenvalue weighted by Crippen LogP contribution is -1.86. The highest BCUT2D eigenvalue weighted by molar-refractivity contribution is 5.83. The predicted molar refractivity (Wildman–Crippen MR) is 68.9 cm³/mol. The van der Waals surface area contributed by atoms with Gasteiger partial charge in [-0.2, -0.15) is 0 Å². The Balaban J connectivity index is 2.23. The van der Waals surface area contributed by atoms with Crippen molar-refractivity contribution in [3.63, 3.8) is 0 Å². The van der Waals surface area contributed by atoms with E-state index >= 15 is 0 Å². The van der Waals surface area contributed by atoms with Gasteiger partial charge in [-0.3, -0.25) is 0 Å². The van der Waals surface area contributed by atoms with Gasteiger partial charge in [0, 0.05) is 5.39 Å². The van der Waals surface area contributed by atoms with E-state index in [2.05, 4.69) is 43.3 Å². The number of fused-ring (bicyclic) bond motifs is 1. The molecular weight excluding hydrogens is 210 g/mol. The van der Waals surface area contributed by atoms with E-state index in [-0.39, 0.29) is 0 Å². The molecule has 0 unspecified atom stereocenters. The highest BCUT2D eigenvalue weighted by atomic mass is 16.5. The minimum Gasteiger partial charge on any atom is -0.356 e. The van der Waals surface area contributed by atoms with E-state index in [1.54, 1.807) is 6.20 Å². The number of hydrogen-bond donors (Lipinski definition) is 0. The Bertz CT molecular complexity index is 682. The van der Waals surface area contributed by atoms with Crippen LogP contribution < -0.4 is 0 Å². The topological polar surface area (TPSA) is 26.0 Å². The molecule has 3 rings (SSSR count). The second-order valence-corrected chi connectivity index (χ2v) is 4.33. The standard InChI is InChI=1S/C15H13NO/c1-10-4-3-5-14(11(10)2)12-6-7-13-9-16-17-15(13)8-12/h3-9H,1-2H3. The molecule has 2 aromatic carbocycles. The van der Waals surface area contributed by atoms with Crippen LogP contribution in [-0.4, -0.2) is 5.16 Å². The summed E-state index contributed by atoms with van der Waals surface area (Å²) < 4.78 is 5.20. The zero-order chi connectivity index (χ0) is 11.8. The van der Waals surface area contributed by atoms with Crippen LogP contribution in [0, 0.1) is 13.8 Å². The normalized spacial score (nSPS) is 10.9. The molecule has 3 aromatic rings. The molecule has 0 saturated carbocycles. The quantitative estimate of drug-likeness (QED) is 0.620. The molecule has 0 atom stereocenters. The van der Waals surface area contributed by atoms with Crippen LogP contribution in [0.25, 0.3) is 22.1 Å². The molecule has 1 aromatic heterocycles. The molecule has 0 fully saturated rings. The van der Waals surface area contributed by atoms with Crippen molar-refractivity contribution in [2.24, 2.45) is 0 Å². The fourth-order valence-corrected chi connectivity index (χ4v) is 2.09. The molecule has 0 radical (unpaired) electrons. The van der Waals surface area contributed by atoms with Gasteiger partial charge >= 0.3 is 0 Å². The Morgan fingerprint density at radius 1 is 1.06 bits per heavy atom. The molecule has 0 aliphatic carbocycles. The number of aromatic nitrogens is 1.